The van der Waals surface area contributed by atoms with Crippen LogP contribution in [-0.2, 0) is 16.1 Å². The molecule has 0 saturated heterocycles. The van der Waals surface area contributed by atoms with E-state index in [0.717, 1.165) is 16.9 Å². The van der Waals surface area contributed by atoms with Gasteiger partial charge in [-0.25, -0.2) is 9.78 Å². The highest BCUT2D eigenvalue weighted by Gasteiger charge is 2.21. The van der Waals surface area contributed by atoms with Gasteiger partial charge in [-0.3, -0.25) is 4.79 Å². The van der Waals surface area contributed by atoms with E-state index < -0.39 is 18.5 Å². The van der Waals surface area contributed by atoms with Crippen molar-refractivity contribution in [3.05, 3.63) is 120 Å². The molecule has 5 rings (SSSR count). The lowest BCUT2D eigenvalue weighted by Crippen LogP contribution is -2.22. The molecule has 1 heterocycles. The fourth-order valence-corrected chi connectivity index (χ4v) is 4.54. The van der Waals surface area contributed by atoms with Gasteiger partial charge in [0.25, 0.3) is 5.91 Å². The molecule has 41 heavy (non-hydrogen) atoms. The number of nitrogens with zero attached hydrogens (tertiary/aromatic N) is 1. The van der Waals surface area contributed by atoms with Gasteiger partial charge >= 0.3 is 5.97 Å². The average molecular weight is 547 g/mol. The van der Waals surface area contributed by atoms with Crippen LogP contribution in [0.5, 0.6) is 11.5 Å². The van der Waals surface area contributed by atoms with E-state index in [0.29, 0.717) is 52.4 Å². The van der Waals surface area contributed by atoms with Crippen molar-refractivity contribution in [2.45, 2.75) is 20.5 Å². The number of fused-ring (bicyclic) bond motifs is 1. The number of aromatic nitrogens is 1. The van der Waals surface area contributed by atoms with Crippen LogP contribution in [0.3, 0.4) is 0 Å². The summed E-state index contributed by atoms with van der Waals surface area (Å²) in [5, 5.41) is 3.41. The Labute approximate surface area is 238 Å². The Bertz CT molecular complexity index is 1670. The summed E-state index contributed by atoms with van der Waals surface area (Å²) in [6, 6.07) is 32.1. The lowest BCUT2D eigenvalue weighted by molar-refractivity contribution is -0.119. The van der Waals surface area contributed by atoms with Crippen molar-refractivity contribution in [3.63, 3.8) is 0 Å². The van der Waals surface area contributed by atoms with E-state index in [4.69, 9.17) is 19.2 Å². The molecule has 7 nitrogen and oxygen atoms in total. The van der Waals surface area contributed by atoms with E-state index in [1.54, 1.807) is 18.2 Å². The molecule has 0 fully saturated rings. The smallest absolute Gasteiger partial charge is 0.339 e. The van der Waals surface area contributed by atoms with E-state index in [1.807, 2.05) is 98.8 Å². The Hall–Kier alpha value is -5.17. The highest BCUT2D eigenvalue weighted by atomic mass is 16.5. The summed E-state index contributed by atoms with van der Waals surface area (Å²) in [6.07, 6.45) is 0. The van der Waals surface area contributed by atoms with Crippen molar-refractivity contribution in [2.24, 2.45) is 0 Å². The molecule has 0 spiro atoms. The first-order valence-electron chi connectivity index (χ1n) is 13.4. The molecule has 0 unspecified atom stereocenters. The van der Waals surface area contributed by atoms with Crippen LogP contribution in [-0.4, -0.2) is 30.1 Å². The summed E-state index contributed by atoms with van der Waals surface area (Å²) in [7, 11) is 0. The minimum absolute atomic E-state index is 0.373. The molecule has 1 N–H and O–H groups in total. The van der Waals surface area contributed by atoms with Crippen molar-refractivity contribution in [2.75, 3.05) is 18.5 Å². The van der Waals surface area contributed by atoms with Crippen LogP contribution in [0.2, 0.25) is 0 Å². The van der Waals surface area contributed by atoms with Crippen LogP contribution in [0.25, 0.3) is 22.2 Å². The van der Waals surface area contributed by atoms with E-state index in [2.05, 4.69) is 5.32 Å². The predicted molar refractivity (Wildman–Crippen MR) is 159 cm³/mol. The summed E-state index contributed by atoms with van der Waals surface area (Å²) < 4.78 is 17.0. The van der Waals surface area contributed by atoms with Gasteiger partial charge in [0.1, 0.15) is 18.1 Å². The van der Waals surface area contributed by atoms with Gasteiger partial charge < -0.3 is 19.5 Å². The number of benzene rings is 4. The summed E-state index contributed by atoms with van der Waals surface area (Å²) in [6.45, 7) is 4.18. The Morgan fingerprint density at radius 1 is 0.805 bits per heavy atom. The third-order valence-electron chi connectivity index (χ3n) is 6.51. The normalized spacial score (nSPS) is 10.7. The van der Waals surface area contributed by atoms with Crippen LogP contribution in [0.15, 0.2) is 103 Å². The number of para-hydroxylation sites is 3. The Morgan fingerprint density at radius 2 is 1.51 bits per heavy atom. The van der Waals surface area contributed by atoms with Crippen molar-refractivity contribution in [3.8, 4) is 22.8 Å². The van der Waals surface area contributed by atoms with Gasteiger partial charge in [0, 0.05) is 10.9 Å². The number of carbonyl (C=O) groups is 2. The maximum absolute atomic E-state index is 13.4. The van der Waals surface area contributed by atoms with E-state index in [1.165, 1.54) is 0 Å². The molecule has 4 aromatic carbocycles. The number of pyridine rings is 1. The third-order valence-corrected chi connectivity index (χ3v) is 6.51. The minimum Gasteiger partial charge on any atom is -0.492 e. The van der Waals surface area contributed by atoms with E-state index in [9.17, 15) is 9.59 Å². The lowest BCUT2D eigenvalue weighted by Gasteiger charge is -2.15. The van der Waals surface area contributed by atoms with Gasteiger partial charge in [-0.15, -0.1) is 0 Å². The Balaban J connectivity index is 1.34. The van der Waals surface area contributed by atoms with E-state index in [-0.39, 0.29) is 0 Å². The van der Waals surface area contributed by atoms with Crippen molar-refractivity contribution in [1.82, 2.24) is 4.98 Å². The molecule has 0 aliphatic heterocycles. The lowest BCUT2D eigenvalue weighted by atomic mass is 9.97. The summed E-state index contributed by atoms with van der Waals surface area (Å²) in [5.41, 5.74) is 4.77. The van der Waals surface area contributed by atoms with Crippen LogP contribution in [0, 0.1) is 6.92 Å². The second-order valence-corrected chi connectivity index (χ2v) is 9.33. The van der Waals surface area contributed by atoms with Gasteiger partial charge in [-0.2, -0.15) is 0 Å². The second-order valence-electron chi connectivity index (χ2n) is 9.33. The quantitative estimate of drug-likeness (QED) is 0.190. The van der Waals surface area contributed by atoms with Crippen molar-refractivity contribution in [1.29, 1.82) is 0 Å². The standard InChI is InChI=1S/C34H30N2O5/c1-3-39-30-16-10-9-15-29(30)35-31(37)22-41-34(38)32-23(2)33(36-28-14-8-7-13-27(28)32)25-17-19-26(20-18-25)40-21-24-11-5-4-6-12-24/h4-20H,3,21-22H2,1-2H3,(H,35,37). The first-order valence-corrected chi connectivity index (χ1v) is 13.4. The van der Waals surface area contributed by atoms with Gasteiger partial charge in [-0.05, 0) is 67.4 Å². The molecule has 0 bridgehead atoms. The third kappa shape index (κ3) is 6.53. The highest BCUT2D eigenvalue weighted by molar-refractivity contribution is 6.07. The number of rotatable bonds is 10. The zero-order chi connectivity index (χ0) is 28.6. The Morgan fingerprint density at radius 3 is 2.29 bits per heavy atom. The maximum atomic E-state index is 13.4. The second kappa shape index (κ2) is 12.8. The van der Waals surface area contributed by atoms with Crippen LogP contribution in [0.4, 0.5) is 5.69 Å². The number of esters is 1. The fraction of sp³-hybridized carbons (Fsp3) is 0.147. The van der Waals surface area contributed by atoms with Crippen molar-refractivity contribution < 1.29 is 23.8 Å². The molecular weight excluding hydrogens is 516 g/mol. The largest absolute Gasteiger partial charge is 0.492 e. The van der Waals surface area contributed by atoms with E-state index >= 15 is 0 Å². The maximum Gasteiger partial charge on any atom is 0.339 e. The number of amides is 1. The van der Waals surface area contributed by atoms with Crippen molar-refractivity contribution >= 4 is 28.5 Å². The van der Waals surface area contributed by atoms with Gasteiger partial charge in [0.15, 0.2) is 6.61 Å². The molecule has 0 aliphatic rings. The molecule has 206 valence electrons. The molecule has 0 aliphatic carbocycles. The molecule has 5 aromatic rings. The number of hydrogen-bond acceptors (Lipinski definition) is 6. The first kappa shape index (κ1) is 27.4. The van der Waals surface area contributed by atoms with Crippen LogP contribution < -0.4 is 14.8 Å². The molecule has 0 saturated carbocycles. The summed E-state index contributed by atoms with van der Waals surface area (Å²) in [5.74, 6) is 0.214. The highest BCUT2D eigenvalue weighted by Crippen LogP contribution is 2.31. The number of nitrogens with one attached hydrogen (secondary N) is 1. The predicted octanol–water partition coefficient (Wildman–Crippen LogP) is 6.98. The number of anilines is 1. The van der Waals surface area contributed by atoms with Crippen LogP contribution >= 0.6 is 0 Å². The molecule has 1 aromatic heterocycles. The number of hydrogen-bond donors (Lipinski definition) is 1. The summed E-state index contributed by atoms with van der Waals surface area (Å²) >= 11 is 0. The fourth-order valence-electron chi connectivity index (χ4n) is 4.54. The topological polar surface area (TPSA) is 86.8 Å². The SMILES string of the molecule is CCOc1ccccc1NC(=O)COC(=O)c1c(C)c(-c2ccc(OCc3ccccc3)cc2)nc2ccccc12. The molecule has 1 amide bonds. The van der Waals surface area contributed by atoms with Gasteiger partial charge in [-0.1, -0.05) is 60.7 Å². The molecule has 0 radical (unpaired) electrons. The zero-order valence-electron chi connectivity index (χ0n) is 22.9. The van der Waals surface area contributed by atoms with Gasteiger partial charge in [0.05, 0.1) is 29.1 Å². The average Bonchev–Trinajstić information content (AvgIpc) is 3.00. The zero-order valence-corrected chi connectivity index (χ0v) is 22.9. The number of carbonyl (C=O) groups excluding carboxylic acids is 2. The molecule has 0 atom stereocenters. The molecule has 7 heteroatoms. The minimum atomic E-state index is -0.599. The Kier molecular flexibility index (Phi) is 8.55. The van der Waals surface area contributed by atoms with Crippen LogP contribution in [0.1, 0.15) is 28.4 Å². The summed E-state index contributed by atoms with van der Waals surface area (Å²) in [4.78, 5) is 30.9. The monoisotopic (exact) mass is 546 g/mol. The van der Waals surface area contributed by atoms with Gasteiger partial charge in [0.2, 0.25) is 0 Å². The first-order chi connectivity index (χ1) is 20.0. The number of ether oxygens (including phenoxy) is 3. The molecular formula is C34H30N2O5.